The molecule has 13 heavy (non-hydrogen) atoms. The van der Waals surface area contributed by atoms with Crippen molar-refractivity contribution in [2.24, 2.45) is 0 Å². The summed E-state index contributed by atoms with van der Waals surface area (Å²) in [6.45, 7) is 5.13. The van der Waals surface area contributed by atoms with E-state index >= 15 is 0 Å². The molecule has 1 aromatic rings. The number of ketones is 1. The van der Waals surface area contributed by atoms with E-state index in [0.29, 0.717) is 5.56 Å². The van der Waals surface area contributed by atoms with E-state index < -0.39 is 0 Å². The van der Waals surface area contributed by atoms with Crippen LogP contribution in [0.25, 0.3) is 0 Å². The van der Waals surface area contributed by atoms with Crippen LogP contribution in [-0.2, 0) is 0 Å². The van der Waals surface area contributed by atoms with Crippen LogP contribution in [0.15, 0.2) is 10.5 Å². The fourth-order valence-corrected chi connectivity index (χ4v) is 1.66. The molecule has 0 amide bonds. The molecule has 0 unspecified atom stereocenters. The molecule has 2 nitrogen and oxygen atoms in total. The van der Waals surface area contributed by atoms with Crippen LogP contribution in [-0.4, -0.2) is 10.9 Å². The van der Waals surface area contributed by atoms with E-state index in [2.05, 4.69) is 15.9 Å². The summed E-state index contributed by atoms with van der Waals surface area (Å²) in [5, 5.41) is 9.63. The van der Waals surface area contributed by atoms with Crippen molar-refractivity contribution in [1.29, 1.82) is 0 Å². The highest BCUT2D eigenvalue weighted by Crippen LogP contribution is 2.31. The third kappa shape index (κ3) is 1.75. The summed E-state index contributed by atoms with van der Waals surface area (Å²) in [5.74, 6) is -0.0329. The van der Waals surface area contributed by atoms with Gasteiger partial charge in [0.05, 0.1) is 5.56 Å². The maximum Gasteiger partial charge on any atom is 0.163 e. The molecule has 0 aromatic heterocycles. The van der Waals surface area contributed by atoms with Crippen molar-refractivity contribution in [3.8, 4) is 5.75 Å². The molecule has 0 saturated heterocycles. The van der Waals surface area contributed by atoms with E-state index in [1.165, 1.54) is 6.92 Å². The molecule has 0 fully saturated rings. The van der Waals surface area contributed by atoms with E-state index in [0.717, 1.165) is 15.6 Å². The molecule has 0 heterocycles. The first-order chi connectivity index (χ1) is 5.95. The standard InChI is InChI=1S/C10H11BrO2/c1-5-6(2)10(13)8(7(3)12)4-9(5)11/h4,13H,1-3H3. The van der Waals surface area contributed by atoms with Gasteiger partial charge in [0.1, 0.15) is 5.75 Å². The van der Waals surface area contributed by atoms with Gasteiger partial charge in [-0.25, -0.2) is 0 Å². The van der Waals surface area contributed by atoms with Crippen LogP contribution in [0.5, 0.6) is 5.75 Å². The topological polar surface area (TPSA) is 37.3 Å². The third-order valence-electron chi connectivity index (χ3n) is 2.18. The second-order valence-corrected chi connectivity index (χ2v) is 3.92. The first-order valence-corrected chi connectivity index (χ1v) is 4.74. The number of halogens is 1. The van der Waals surface area contributed by atoms with Crippen molar-refractivity contribution in [3.05, 3.63) is 27.2 Å². The zero-order valence-corrected chi connectivity index (χ0v) is 9.40. The number of phenolic OH excluding ortho intramolecular Hbond substituents is 1. The maximum absolute atomic E-state index is 11.1. The predicted molar refractivity (Wildman–Crippen MR) is 55.3 cm³/mol. The van der Waals surface area contributed by atoms with E-state index in [4.69, 9.17) is 0 Å². The molecular formula is C10H11BrO2. The molecule has 0 atom stereocenters. The van der Waals surface area contributed by atoms with Crippen LogP contribution in [0, 0.1) is 13.8 Å². The number of Topliss-reactive ketones (excluding diaryl/α,β-unsaturated/α-hetero) is 1. The maximum atomic E-state index is 11.1. The highest BCUT2D eigenvalue weighted by atomic mass is 79.9. The fourth-order valence-electron chi connectivity index (χ4n) is 1.13. The van der Waals surface area contributed by atoms with Gasteiger partial charge in [0.25, 0.3) is 0 Å². The Balaban J connectivity index is 3.50. The minimum absolute atomic E-state index is 0.0909. The smallest absolute Gasteiger partial charge is 0.163 e. The van der Waals surface area contributed by atoms with Crippen LogP contribution < -0.4 is 0 Å². The third-order valence-corrected chi connectivity index (χ3v) is 3.01. The highest BCUT2D eigenvalue weighted by Gasteiger charge is 2.12. The summed E-state index contributed by atoms with van der Waals surface area (Å²) in [6.07, 6.45) is 0. The lowest BCUT2D eigenvalue weighted by molar-refractivity contribution is 0.101. The van der Waals surface area contributed by atoms with Crippen molar-refractivity contribution >= 4 is 21.7 Å². The molecule has 0 saturated carbocycles. The van der Waals surface area contributed by atoms with Gasteiger partial charge in [-0.1, -0.05) is 15.9 Å². The Kier molecular flexibility index (Phi) is 2.76. The lowest BCUT2D eigenvalue weighted by Gasteiger charge is -2.09. The quantitative estimate of drug-likeness (QED) is 0.770. The molecule has 1 N–H and O–H groups in total. The Hall–Kier alpha value is -0.830. The zero-order chi connectivity index (χ0) is 10.2. The Bertz CT molecular complexity index is 370. The predicted octanol–water partition coefficient (Wildman–Crippen LogP) is 2.97. The summed E-state index contributed by atoms with van der Waals surface area (Å²) < 4.78 is 0.855. The second kappa shape index (κ2) is 3.50. The summed E-state index contributed by atoms with van der Waals surface area (Å²) in [7, 11) is 0. The molecule has 1 rings (SSSR count). The van der Waals surface area contributed by atoms with E-state index in [-0.39, 0.29) is 11.5 Å². The Labute approximate surface area is 85.7 Å². The Morgan fingerprint density at radius 3 is 2.38 bits per heavy atom. The van der Waals surface area contributed by atoms with Gasteiger partial charge in [-0.2, -0.15) is 0 Å². The van der Waals surface area contributed by atoms with Crippen molar-refractivity contribution < 1.29 is 9.90 Å². The second-order valence-electron chi connectivity index (χ2n) is 3.06. The molecule has 0 aliphatic rings. The normalized spacial score (nSPS) is 10.2. The van der Waals surface area contributed by atoms with Gasteiger partial charge in [0.2, 0.25) is 0 Å². The van der Waals surface area contributed by atoms with Crippen LogP contribution >= 0.6 is 15.9 Å². The van der Waals surface area contributed by atoms with Crippen molar-refractivity contribution in [2.45, 2.75) is 20.8 Å². The number of benzene rings is 1. The summed E-state index contributed by atoms with van der Waals surface area (Å²) in [5.41, 5.74) is 2.08. The first kappa shape index (κ1) is 10.3. The molecule has 0 bridgehead atoms. The highest BCUT2D eigenvalue weighted by molar-refractivity contribution is 9.10. The number of carbonyl (C=O) groups excluding carboxylic acids is 1. The van der Waals surface area contributed by atoms with Gasteiger partial charge >= 0.3 is 0 Å². The van der Waals surface area contributed by atoms with Gasteiger partial charge < -0.3 is 5.11 Å². The summed E-state index contributed by atoms with van der Waals surface area (Å²) >= 11 is 3.34. The number of hydrogen-bond donors (Lipinski definition) is 1. The average Bonchev–Trinajstić information content (AvgIpc) is 2.07. The van der Waals surface area contributed by atoms with Gasteiger partial charge in [-0.3, -0.25) is 4.79 Å². The minimum Gasteiger partial charge on any atom is -0.507 e. The van der Waals surface area contributed by atoms with Crippen LogP contribution in [0.3, 0.4) is 0 Å². The lowest BCUT2D eigenvalue weighted by Crippen LogP contribution is -1.96. The number of aromatic hydroxyl groups is 1. The molecule has 0 radical (unpaired) electrons. The van der Waals surface area contributed by atoms with E-state index in [9.17, 15) is 9.90 Å². The number of hydrogen-bond acceptors (Lipinski definition) is 2. The van der Waals surface area contributed by atoms with Gasteiger partial charge in [0.15, 0.2) is 5.78 Å². The van der Waals surface area contributed by atoms with Crippen molar-refractivity contribution in [1.82, 2.24) is 0 Å². The van der Waals surface area contributed by atoms with Crippen molar-refractivity contribution in [3.63, 3.8) is 0 Å². The Morgan fingerprint density at radius 1 is 1.38 bits per heavy atom. The van der Waals surface area contributed by atoms with Crippen LogP contribution in [0.1, 0.15) is 28.4 Å². The summed E-state index contributed by atoms with van der Waals surface area (Å²) in [6, 6.07) is 1.65. The fraction of sp³-hybridized carbons (Fsp3) is 0.300. The average molecular weight is 243 g/mol. The molecular weight excluding hydrogens is 232 g/mol. The Morgan fingerprint density at radius 2 is 1.92 bits per heavy atom. The SMILES string of the molecule is CC(=O)c1cc(Br)c(C)c(C)c1O. The number of phenols is 1. The molecule has 70 valence electrons. The largest absolute Gasteiger partial charge is 0.507 e. The minimum atomic E-state index is -0.124. The summed E-state index contributed by atoms with van der Waals surface area (Å²) in [4.78, 5) is 11.1. The monoisotopic (exact) mass is 242 g/mol. The van der Waals surface area contributed by atoms with Gasteiger partial charge in [-0.05, 0) is 38.0 Å². The molecule has 1 aromatic carbocycles. The lowest BCUT2D eigenvalue weighted by atomic mass is 10.0. The number of rotatable bonds is 1. The molecule has 3 heteroatoms. The molecule has 0 aliphatic heterocycles. The molecule has 0 aliphatic carbocycles. The van der Waals surface area contributed by atoms with Crippen LogP contribution in [0.4, 0.5) is 0 Å². The van der Waals surface area contributed by atoms with Crippen LogP contribution in [0.2, 0.25) is 0 Å². The van der Waals surface area contributed by atoms with Gasteiger partial charge in [-0.15, -0.1) is 0 Å². The molecule has 0 spiro atoms. The first-order valence-electron chi connectivity index (χ1n) is 3.94. The van der Waals surface area contributed by atoms with E-state index in [1.807, 2.05) is 6.92 Å². The van der Waals surface area contributed by atoms with Gasteiger partial charge in [0, 0.05) is 4.47 Å². The number of carbonyl (C=O) groups is 1. The van der Waals surface area contributed by atoms with E-state index in [1.54, 1.807) is 13.0 Å². The van der Waals surface area contributed by atoms with Crippen molar-refractivity contribution in [2.75, 3.05) is 0 Å². The zero-order valence-electron chi connectivity index (χ0n) is 7.81.